The van der Waals surface area contributed by atoms with Crippen LogP contribution in [0.5, 0.6) is 0 Å². The molecule has 0 saturated carbocycles. The van der Waals surface area contributed by atoms with E-state index in [2.05, 4.69) is 32.7 Å². The standard InChI is InChI=1S/C8H15NS/c1-5(2)9-8-6(3)7(4)10-8/h5-7H,1-4H3. The smallest absolute Gasteiger partial charge is 0.0721 e. The molecule has 2 unspecified atom stereocenters. The van der Waals surface area contributed by atoms with Crippen molar-refractivity contribution >= 4 is 16.8 Å². The molecule has 10 heavy (non-hydrogen) atoms. The molecule has 0 amide bonds. The van der Waals surface area contributed by atoms with E-state index in [1.54, 1.807) is 0 Å². The monoisotopic (exact) mass is 157 g/mol. The number of nitrogens with zero attached hydrogens (tertiary/aromatic N) is 1. The lowest BCUT2D eigenvalue weighted by atomic mass is 10.1. The first kappa shape index (κ1) is 8.12. The summed E-state index contributed by atoms with van der Waals surface area (Å²) in [6.45, 7) is 8.77. The van der Waals surface area contributed by atoms with Crippen molar-refractivity contribution in [3.05, 3.63) is 0 Å². The Balaban J connectivity index is 2.46. The summed E-state index contributed by atoms with van der Waals surface area (Å²) in [5.41, 5.74) is 0. The summed E-state index contributed by atoms with van der Waals surface area (Å²) in [6.07, 6.45) is 0. The number of hydrogen-bond donors (Lipinski definition) is 0. The van der Waals surface area contributed by atoms with Crippen LogP contribution in [-0.4, -0.2) is 16.3 Å². The first-order valence-electron chi connectivity index (χ1n) is 3.85. The Morgan fingerprint density at radius 3 is 2.30 bits per heavy atom. The van der Waals surface area contributed by atoms with Crippen molar-refractivity contribution in [2.45, 2.75) is 39.0 Å². The van der Waals surface area contributed by atoms with E-state index in [1.807, 2.05) is 11.8 Å². The highest BCUT2D eigenvalue weighted by Crippen LogP contribution is 2.37. The highest BCUT2D eigenvalue weighted by molar-refractivity contribution is 8.16. The molecule has 0 N–H and O–H groups in total. The van der Waals surface area contributed by atoms with E-state index in [9.17, 15) is 0 Å². The van der Waals surface area contributed by atoms with Crippen LogP contribution in [0, 0.1) is 5.92 Å². The summed E-state index contributed by atoms with van der Waals surface area (Å²) in [4.78, 5) is 4.49. The van der Waals surface area contributed by atoms with Gasteiger partial charge >= 0.3 is 0 Å². The third-order valence-electron chi connectivity index (χ3n) is 1.79. The normalized spacial score (nSPS) is 36.7. The van der Waals surface area contributed by atoms with Crippen molar-refractivity contribution in [3.8, 4) is 0 Å². The molecule has 2 atom stereocenters. The van der Waals surface area contributed by atoms with Crippen LogP contribution >= 0.6 is 11.8 Å². The van der Waals surface area contributed by atoms with Crippen molar-refractivity contribution in [2.75, 3.05) is 0 Å². The summed E-state index contributed by atoms with van der Waals surface area (Å²) >= 11 is 1.91. The lowest BCUT2D eigenvalue weighted by molar-refractivity contribution is 0.724. The van der Waals surface area contributed by atoms with E-state index < -0.39 is 0 Å². The van der Waals surface area contributed by atoms with E-state index in [1.165, 1.54) is 5.04 Å². The maximum absolute atomic E-state index is 4.49. The molecule has 1 nitrogen and oxygen atoms in total. The second kappa shape index (κ2) is 2.95. The van der Waals surface area contributed by atoms with Gasteiger partial charge < -0.3 is 0 Å². The molecule has 0 aromatic carbocycles. The first-order valence-corrected chi connectivity index (χ1v) is 4.73. The molecule has 1 fully saturated rings. The fourth-order valence-electron chi connectivity index (χ4n) is 0.931. The van der Waals surface area contributed by atoms with Crippen molar-refractivity contribution in [3.63, 3.8) is 0 Å². The van der Waals surface area contributed by atoms with Gasteiger partial charge in [-0.15, -0.1) is 11.8 Å². The van der Waals surface area contributed by atoms with Gasteiger partial charge in [-0.25, -0.2) is 0 Å². The Morgan fingerprint density at radius 2 is 2.00 bits per heavy atom. The summed E-state index contributed by atoms with van der Waals surface area (Å²) < 4.78 is 0. The Morgan fingerprint density at radius 1 is 1.40 bits per heavy atom. The second-order valence-electron chi connectivity index (χ2n) is 3.17. The summed E-state index contributed by atoms with van der Waals surface area (Å²) in [6, 6.07) is 0.470. The van der Waals surface area contributed by atoms with Gasteiger partial charge in [0.05, 0.1) is 5.04 Å². The lowest BCUT2D eigenvalue weighted by Gasteiger charge is -2.32. The van der Waals surface area contributed by atoms with Crippen molar-refractivity contribution in [1.29, 1.82) is 0 Å². The number of hydrogen-bond acceptors (Lipinski definition) is 2. The summed E-state index contributed by atoms with van der Waals surface area (Å²) in [5.74, 6) is 0.715. The molecular formula is C8H15NS. The Bertz CT molecular complexity index is 151. The van der Waals surface area contributed by atoms with Gasteiger partial charge in [0.1, 0.15) is 0 Å². The maximum Gasteiger partial charge on any atom is 0.0721 e. The Labute approximate surface area is 67.3 Å². The average molecular weight is 157 g/mol. The van der Waals surface area contributed by atoms with Crippen LogP contribution in [0.25, 0.3) is 0 Å². The number of aliphatic imine (C=N–C) groups is 1. The fourth-order valence-corrected chi connectivity index (χ4v) is 2.11. The molecule has 2 heteroatoms. The second-order valence-corrected chi connectivity index (χ2v) is 4.57. The van der Waals surface area contributed by atoms with Gasteiger partial charge in [-0.2, -0.15) is 0 Å². The van der Waals surface area contributed by atoms with Crippen molar-refractivity contribution in [1.82, 2.24) is 0 Å². The predicted molar refractivity (Wildman–Crippen MR) is 48.8 cm³/mol. The van der Waals surface area contributed by atoms with Gasteiger partial charge in [-0.3, -0.25) is 4.99 Å². The molecule has 1 aliphatic rings. The van der Waals surface area contributed by atoms with E-state index in [0.29, 0.717) is 12.0 Å². The molecule has 58 valence electrons. The minimum Gasteiger partial charge on any atom is -0.280 e. The Kier molecular flexibility index (Phi) is 2.40. The minimum atomic E-state index is 0.470. The lowest BCUT2D eigenvalue weighted by Crippen LogP contribution is -2.31. The van der Waals surface area contributed by atoms with E-state index in [-0.39, 0.29) is 0 Å². The fraction of sp³-hybridized carbons (Fsp3) is 0.875. The van der Waals surface area contributed by atoms with Gasteiger partial charge in [-0.1, -0.05) is 13.8 Å². The molecule has 1 aliphatic heterocycles. The van der Waals surface area contributed by atoms with Gasteiger partial charge in [-0.05, 0) is 13.8 Å². The molecule has 0 radical (unpaired) electrons. The van der Waals surface area contributed by atoms with Crippen LogP contribution in [-0.2, 0) is 0 Å². The van der Waals surface area contributed by atoms with E-state index in [4.69, 9.17) is 0 Å². The molecule has 0 aliphatic carbocycles. The van der Waals surface area contributed by atoms with Gasteiger partial charge in [0.15, 0.2) is 0 Å². The summed E-state index contributed by atoms with van der Waals surface area (Å²) in [5, 5.41) is 2.14. The minimum absolute atomic E-state index is 0.470. The topological polar surface area (TPSA) is 12.4 Å². The molecule has 1 rings (SSSR count). The SMILES string of the molecule is CC(C)N=C1SC(C)C1C. The van der Waals surface area contributed by atoms with Gasteiger partial charge in [0, 0.05) is 17.2 Å². The highest BCUT2D eigenvalue weighted by atomic mass is 32.2. The van der Waals surface area contributed by atoms with Crippen LogP contribution in [0.4, 0.5) is 0 Å². The highest BCUT2D eigenvalue weighted by Gasteiger charge is 2.30. The van der Waals surface area contributed by atoms with E-state index >= 15 is 0 Å². The largest absolute Gasteiger partial charge is 0.280 e. The van der Waals surface area contributed by atoms with Crippen LogP contribution in [0.3, 0.4) is 0 Å². The molecule has 0 aromatic rings. The average Bonchev–Trinajstić information content (AvgIpc) is 1.86. The number of rotatable bonds is 1. The molecule has 1 heterocycles. The van der Waals surface area contributed by atoms with E-state index in [0.717, 1.165) is 5.25 Å². The van der Waals surface area contributed by atoms with Crippen molar-refractivity contribution in [2.24, 2.45) is 10.9 Å². The zero-order valence-corrected chi connectivity index (χ0v) is 7.90. The number of thioether (sulfide) groups is 1. The first-order chi connectivity index (χ1) is 4.61. The summed E-state index contributed by atoms with van der Waals surface area (Å²) in [7, 11) is 0. The zero-order valence-electron chi connectivity index (χ0n) is 7.09. The quantitative estimate of drug-likeness (QED) is 0.570. The maximum atomic E-state index is 4.49. The van der Waals surface area contributed by atoms with Crippen LogP contribution in [0.15, 0.2) is 4.99 Å². The predicted octanol–water partition coefficient (Wildman–Crippen LogP) is 2.56. The molecular weight excluding hydrogens is 142 g/mol. The third kappa shape index (κ3) is 1.54. The van der Waals surface area contributed by atoms with Crippen LogP contribution in [0.1, 0.15) is 27.7 Å². The third-order valence-corrected chi connectivity index (χ3v) is 3.28. The Hall–Kier alpha value is 0.0200. The molecule has 0 spiro atoms. The van der Waals surface area contributed by atoms with Crippen molar-refractivity contribution < 1.29 is 0 Å². The zero-order chi connectivity index (χ0) is 7.72. The van der Waals surface area contributed by atoms with Gasteiger partial charge in [0.2, 0.25) is 0 Å². The molecule has 0 bridgehead atoms. The van der Waals surface area contributed by atoms with Gasteiger partial charge in [0.25, 0.3) is 0 Å². The van der Waals surface area contributed by atoms with Crippen LogP contribution in [0.2, 0.25) is 0 Å². The van der Waals surface area contributed by atoms with Crippen LogP contribution < -0.4 is 0 Å². The molecule has 1 saturated heterocycles. The molecule has 0 aromatic heterocycles.